The van der Waals surface area contributed by atoms with E-state index in [-0.39, 0.29) is 37.4 Å². The zero-order chi connectivity index (χ0) is 21.6. The molecule has 0 saturated heterocycles. The quantitative estimate of drug-likeness (QED) is 0.156. The van der Waals surface area contributed by atoms with E-state index in [1.807, 2.05) is 41.5 Å². The Bertz CT molecular complexity index is 600. The van der Waals surface area contributed by atoms with Crippen molar-refractivity contribution in [2.75, 3.05) is 6.61 Å². The van der Waals surface area contributed by atoms with Gasteiger partial charge in [-0.25, -0.2) is 13.2 Å². The lowest BCUT2D eigenvalue weighted by atomic mass is 10.2. The second-order valence-electron chi connectivity index (χ2n) is 7.03. The summed E-state index contributed by atoms with van der Waals surface area (Å²) in [5, 5.41) is 0. The summed E-state index contributed by atoms with van der Waals surface area (Å²) in [5.74, 6) is -11.6. The lowest BCUT2D eigenvalue weighted by molar-refractivity contribution is 0.00223. The molecule has 1 rings (SSSR count). The van der Waals surface area contributed by atoms with E-state index >= 15 is 0 Å². The fourth-order valence-corrected chi connectivity index (χ4v) is 5.76. The molecule has 0 aliphatic carbocycles. The van der Waals surface area contributed by atoms with Gasteiger partial charge in [0, 0.05) is 24.4 Å². The standard InChI is InChI=1S/C18H27F5O4Si/c1-10(2)25-28(26-11(3)4,27-12(5)6)9-7-8-24-18-16(22)14(20)13(19)15(21)17(18)23/h10-12H,7-9H2,1-6H3. The summed E-state index contributed by atoms with van der Waals surface area (Å²) in [6.45, 7) is 10.6. The number of rotatable bonds is 11. The van der Waals surface area contributed by atoms with Crippen LogP contribution in [0.5, 0.6) is 5.75 Å². The van der Waals surface area contributed by atoms with Gasteiger partial charge in [0.15, 0.2) is 5.75 Å². The SMILES string of the molecule is CC(C)O[Si](CCCOc1c(F)c(F)c(F)c(F)c1F)(OC(C)C)OC(C)C. The van der Waals surface area contributed by atoms with E-state index in [1.165, 1.54) is 0 Å². The molecule has 0 aromatic heterocycles. The third-order valence-corrected chi connectivity index (χ3v) is 6.75. The minimum Gasteiger partial charge on any atom is -0.487 e. The Balaban J connectivity index is 2.90. The minimum atomic E-state index is -3.16. The maximum Gasteiger partial charge on any atom is 0.501 e. The van der Waals surface area contributed by atoms with E-state index in [0.29, 0.717) is 0 Å². The molecule has 0 spiro atoms. The molecule has 10 heteroatoms. The summed E-state index contributed by atoms with van der Waals surface area (Å²) >= 11 is 0. The first-order chi connectivity index (χ1) is 12.9. The van der Waals surface area contributed by atoms with Gasteiger partial charge in [0.25, 0.3) is 0 Å². The summed E-state index contributed by atoms with van der Waals surface area (Å²) in [6.07, 6.45) is -0.418. The highest BCUT2D eigenvalue weighted by atomic mass is 28.4. The molecule has 0 amide bonds. The van der Waals surface area contributed by atoms with Crippen LogP contribution in [-0.2, 0) is 13.3 Å². The smallest absolute Gasteiger partial charge is 0.487 e. The van der Waals surface area contributed by atoms with Crippen molar-refractivity contribution in [3.63, 3.8) is 0 Å². The minimum absolute atomic E-state index is 0.165. The number of hydrogen-bond donors (Lipinski definition) is 0. The first-order valence-corrected chi connectivity index (χ1v) is 11.0. The van der Waals surface area contributed by atoms with Crippen LogP contribution in [0.1, 0.15) is 48.0 Å². The second kappa shape index (κ2) is 10.5. The van der Waals surface area contributed by atoms with Crippen LogP contribution in [-0.4, -0.2) is 33.7 Å². The van der Waals surface area contributed by atoms with Gasteiger partial charge in [0.2, 0.25) is 29.1 Å². The van der Waals surface area contributed by atoms with Crippen molar-refractivity contribution in [3.05, 3.63) is 29.1 Å². The Kier molecular flexibility index (Phi) is 9.32. The van der Waals surface area contributed by atoms with Crippen LogP contribution in [0, 0.1) is 29.1 Å². The van der Waals surface area contributed by atoms with Crippen molar-refractivity contribution in [2.24, 2.45) is 0 Å². The van der Waals surface area contributed by atoms with Gasteiger partial charge in [-0.3, -0.25) is 0 Å². The Morgan fingerprint density at radius 3 is 1.36 bits per heavy atom. The predicted molar refractivity (Wildman–Crippen MR) is 95.6 cm³/mol. The van der Waals surface area contributed by atoms with Crippen molar-refractivity contribution in [1.82, 2.24) is 0 Å². The van der Waals surface area contributed by atoms with Crippen LogP contribution < -0.4 is 4.74 Å². The largest absolute Gasteiger partial charge is 0.501 e. The van der Waals surface area contributed by atoms with Crippen molar-refractivity contribution in [1.29, 1.82) is 0 Å². The average molecular weight is 430 g/mol. The molecule has 0 fully saturated rings. The van der Waals surface area contributed by atoms with Crippen LogP contribution in [0.4, 0.5) is 22.0 Å². The van der Waals surface area contributed by atoms with Crippen LogP contribution in [0.2, 0.25) is 6.04 Å². The van der Waals surface area contributed by atoms with Gasteiger partial charge in [-0.2, -0.15) is 8.78 Å². The van der Waals surface area contributed by atoms with Gasteiger partial charge in [-0.1, -0.05) is 0 Å². The van der Waals surface area contributed by atoms with Crippen molar-refractivity contribution in [2.45, 2.75) is 72.3 Å². The van der Waals surface area contributed by atoms with Gasteiger partial charge in [-0.05, 0) is 48.0 Å². The van der Waals surface area contributed by atoms with Crippen LogP contribution in [0.15, 0.2) is 0 Å². The molecule has 1 aromatic rings. The van der Waals surface area contributed by atoms with E-state index in [9.17, 15) is 22.0 Å². The van der Waals surface area contributed by atoms with Crippen LogP contribution >= 0.6 is 0 Å². The fraction of sp³-hybridized carbons (Fsp3) is 0.667. The molecule has 0 heterocycles. The topological polar surface area (TPSA) is 36.9 Å². The molecular weight excluding hydrogens is 403 g/mol. The first kappa shape index (κ1) is 24.8. The molecule has 28 heavy (non-hydrogen) atoms. The lowest BCUT2D eigenvalue weighted by Gasteiger charge is -2.34. The van der Waals surface area contributed by atoms with Gasteiger partial charge >= 0.3 is 8.80 Å². The Morgan fingerprint density at radius 2 is 1.00 bits per heavy atom. The third-order valence-electron chi connectivity index (χ3n) is 3.29. The predicted octanol–water partition coefficient (Wildman–Crippen LogP) is 5.36. The van der Waals surface area contributed by atoms with E-state index in [4.69, 9.17) is 18.0 Å². The number of ether oxygens (including phenoxy) is 1. The molecule has 0 aliphatic rings. The van der Waals surface area contributed by atoms with Gasteiger partial charge in [0.1, 0.15) is 0 Å². The zero-order valence-corrected chi connectivity index (χ0v) is 17.9. The highest BCUT2D eigenvalue weighted by molar-refractivity contribution is 6.60. The van der Waals surface area contributed by atoms with Crippen molar-refractivity contribution < 1.29 is 40.0 Å². The molecule has 0 saturated carbocycles. The molecule has 162 valence electrons. The molecule has 0 N–H and O–H groups in total. The monoisotopic (exact) mass is 430 g/mol. The molecule has 0 unspecified atom stereocenters. The molecule has 0 radical (unpaired) electrons. The Hall–Kier alpha value is -1.23. The lowest BCUT2D eigenvalue weighted by Crippen LogP contribution is -2.50. The summed E-state index contributed by atoms with van der Waals surface area (Å²) in [4.78, 5) is 0. The normalized spacial score (nSPS) is 12.5. The van der Waals surface area contributed by atoms with Gasteiger partial charge in [0.05, 0.1) is 6.61 Å². The number of halogens is 5. The molecule has 0 bridgehead atoms. The molecule has 4 nitrogen and oxygen atoms in total. The van der Waals surface area contributed by atoms with Gasteiger partial charge in [-0.15, -0.1) is 0 Å². The van der Waals surface area contributed by atoms with E-state index in [1.54, 1.807) is 0 Å². The summed E-state index contributed by atoms with van der Waals surface area (Å²) in [7, 11) is -3.16. The average Bonchev–Trinajstić information content (AvgIpc) is 2.55. The Labute approximate surface area is 163 Å². The Morgan fingerprint density at radius 1 is 0.643 bits per heavy atom. The van der Waals surface area contributed by atoms with E-state index in [0.717, 1.165) is 0 Å². The molecular formula is C18H27F5O4Si. The third kappa shape index (κ3) is 6.68. The highest BCUT2D eigenvalue weighted by Crippen LogP contribution is 2.30. The maximum atomic E-state index is 13.7. The van der Waals surface area contributed by atoms with E-state index < -0.39 is 43.6 Å². The molecule has 0 aliphatic heterocycles. The van der Waals surface area contributed by atoms with Gasteiger partial charge < -0.3 is 18.0 Å². The first-order valence-electron chi connectivity index (χ1n) is 9.07. The zero-order valence-electron chi connectivity index (χ0n) is 16.9. The molecule has 0 atom stereocenters. The van der Waals surface area contributed by atoms with Crippen molar-refractivity contribution >= 4 is 8.80 Å². The fourth-order valence-electron chi connectivity index (χ4n) is 2.51. The highest BCUT2D eigenvalue weighted by Gasteiger charge is 2.43. The van der Waals surface area contributed by atoms with Crippen LogP contribution in [0.3, 0.4) is 0 Å². The number of benzene rings is 1. The van der Waals surface area contributed by atoms with Crippen molar-refractivity contribution in [3.8, 4) is 5.75 Å². The van der Waals surface area contributed by atoms with E-state index in [2.05, 4.69) is 0 Å². The second-order valence-corrected chi connectivity index (χ2v) is 9.61. The summed E-state index contributed by atoms with van der Waals surface area (Å²) < 4.78 is 89.5. The summed E-state index contributed by atoms with van der Waals surface area (Å²) in [6, 6.07) is 0.247. The number of hydrogen-bond acceptors (Lipinski definition) is 4. The van der Waals surface area contributed by atoms with Crippen LogP contribution in [0.25, 0.3) is 0 Å². The molecule has 1 aromatic carbocycles. The maximum absolute atomic E-state index is 13.7. The summed E-state index contributed by atoms with van der Waals surface area (Å²) in [5.41, 5.74) is 0.